The molecule has 2 aromatic heterocycles. The van der Waals surface area contributed by atoms with Crippen LogP contribution in [0, 0.1) is 24.2 Å². The SMILES string of the molecule is Cc1ccccc1-n1c(=O)c2ccccc2n2c(SC(C)C(=O)NC(C)(C#N)C(C)C)nnc12. The van der Waals surface area contributed by atoms with Crippen LogP contribution in [0.15, 0.2) is 58.5 Å². The largest absolute Gasteiger partial charge is 0.337 e. The highest BCUT2D eigenvalue weighted by atomic mass is 32.2. The van der Waals surface area contributed by atoms with E-state index in [0.717, 1.165) is 11.3 Å². The van der Waals surface area contributed by atoms with Crippen molar-refractivity contribution < 1.29 is 4.79 Å². The summed E-state index contributed by atoms with van der Waals surface area (Å²) in [5.41, 5.74) is 1.15. The van der Waals surface area contributed by atoms with Gasteiger partial charge in [0.25, 0.3) is 5.56 Å². The average Bonchev–Trinajstić information content (AvgIpc) is 3.23. The molecule has 0 saturated carbocycles. The van der Waals surface area contributed by atoms with Gasteiger partial charge in [0.1, 0.15) is 5.54 Å². The second kappa shape index (κ2) is 8.95. The van der Waals surface area contributed by atoms with E-state index in [4.69, 9.17) is 0 Å². The Morgan fingerprint density at radius 2 is 1.79 bits per heavy atom. The number of rotatable bonds is 6. The number of nitrogens with one attached hydrogen (secondary N) is 1. The summed E-state index contributed by atoms with van der Waals surface area (Å²) < 4.78 is 3.37. The number of aryl methyl sites for hydroxylation is 1. The van der Waals surface area contributed by atoms with Crippen LogP contribution < -0.4 is 10.9 Å². The molecule has 0 fully saturated rings. The number of aromatic nitrogens is 4. The van der Waals surface area contributed by atoms with Crippen molar-refractivity contribution in [3.63, 3.8) is 0 Å². The number of para-hydroxylation sites is 2. The van der Waals surface area contributed by atoms with Crippen molar-refractivity contribution in [2.75, 3.05) is 0 Å². The minimum Gasteiger partial charge on any atom is -0.337 e. The molecule has 0 spiro atoms. The third-order valence-corrected chi connectivity index (χ3v) is 7.21. The first-order chi connectivity index (χ1) is 16.2. The van der Waals surface area contributed by atoms with E-state index < -0.39 is 10.8 Å². The second-order valence-electron chi connectivity index (χ2n) is 8.78. The van der Waals surface area contributed by atoms with Gasteiger partial charge in [-0.3, -0.25) is 14.0 Å². The fraction of sp³-hybridized carbons (Fsp3) is 0.320. The molecule has 1 N–H and O–H groups in total. The minimum atomic E-state index is -0.975. The summed E-state index contributed by atoms with van der Waals surface area (Å²) in [4.78, 5) is 26.4. The Morgan fingerprint density at radius 3 is 2.47 bits per heavy atom. The van der Waals surface area contributed by atoms with Gasteiger partial charge < -0.3 is 5.32 Å². The molecule has 2 unspecified atom stereocenters. The summed E-state index contributed by atoms with van der Waals surface area (Å²) >= 11 is 1.23. The van der Waals surface area contributed by atoms with E-state index in [1.54, 1.807) is 24.5 Å². The molecule has 0 bridgehead atoms. The van der Waals surface area contributed by atoms with Crippen molar-refractivity contribution in [1.82, 2.24) is 24.5 Å². The number of amides is 1. The maximum Gasteiger partial charge on any atom is 0.267 e. The molecule has 9 heteroatoms. The molecule has 2 atom stereocenters. The molecular weight excluding hydrogens is 448 g/mol. The van der Waals surface area contributed by atoms with E-state index in [1.165, 1.54) is 11.8 Å². The number of nitrogens with zero attached hydrogens (tertiary/aromatic N) is 5. The van der Waals surface area contributed by atoms with Gasteiger partial charge in [-0.25, -0.2) is 4.57 Å². The molecule has 0 radical (unpaired) electrons. The van der Waals surface area contributed by atoms with Crippen LogP contribution >= 0.6 is 11.8 Å². The quantitative estimate of drug-likeness (QED) is 0.425. The molecule has 0 aliphatic rings. The average molecular weight is 475 g/mol. The maximum atomic E-state index is 13.5. The van der Waals surface area contributed by atoms with Crippen molar-refractivity contribution >= 4 is 34.3 Å². The number of carbonyl (C=O) groups is 1. The summed E-state index contributed by atoms with van der Waals surface area (Å²) in [5.74, 6) is 0.0493. The highest BCUT2D eigenvalue weighted by Crippen LogP contribution is 2.27. The van der Waals surface area contributed by atoms with Crippen LogP contribution in [-0.2, 0) is 4.79 Å². The summed E-state index contributed by atoms with van der Waals surface area (Å²) in [6, 6.07) is 17.1. The predicted molar refractivity (Wildman–Crippen MR) is 133 cm³/mol. The number of benzene rings is 2. The van der Waals surface area contributed by atoms with Gasteiger partial charge in [-0.15, -0.1) is 10.2 Å². The van der Waals surface area contributed by atoms with Crippen molar-refractivity contribution in [1.29, 1.82) is 5.26 Å². The Morgan fingerprint density at radius 1 is 1.12 bits per heavy atom. The molecule has 8 nitrogen and oxygen atoms in total. The lowest BCUT2D eigenvalue weighted by Gasteiger charge is -2.28. The molecule has 174 valence electrons. The van der Waals surface area contributed by atoms with E-state index in [9.17, 15) is 14.9 Å². The normalized spacial score (nSPS) is 14.1. The number of hydrogen-bond acceptors (Lipinski definition) is 6. The predicted octanol–water partition coefficient (Wildman–Crippen LogP) is 3.88. The molecule has 1 amide bonds. The second-order valence-corrected chi connectivity index (χ2v) is 10.1. The van der Waals surface area contributed by atoms with Crippen molar-refractivity contribution in [3.05, 3.63) is 64.4 Å². The van der Waals surface area contributed by atoms with Crippen molar-refractivity contribution in [2.24, 2.45) is 5.92 Å². The van der Waals surface area contributed by atoms with Crippen LogP contribution in [0.25, 0.3) is 22.4 Å². The van der Waals surface area contributed by atoms with Gasteiger partial charge in [0.15, 0.2) is 5.16 Å². The van der Waals surface area contributed by atoms with Gasteiger partial charge in [0.2, 0.25) is 11.7 Å². The zero-order valence-corrected chi connectivity index (χ0v) is 20.6. The number of thioether (sulfide) groups is 1. The van der Waals surface area contributed by atoms with Gasteiger partial charge in [-0.2, -0.15) is 5.26 Å². The molecule has 0 aliphatic carbocycles. The lowest BCUT2D eigenvalue weighted by Crippen LogP contribution is -2.51. The Balaban J connectivity index is 1.84. The highest BCUT2D eigenvalue weighted by molar-refractivity contribution is 8.00. The van der Waals surface area contributed by atoms with Gasteiger partial charge in [0.05, 0.1) is 27.9 Å². The lowest BCUT2D eigenvalue weighted by molar-refractivity contribution is -0.121. The van der Waals surface area contributed by atoms with E-state index >= 15 is 0 Å². The molecule has 4 rings (SSSR count). The van der Waals surface area contributed by atoms with Crippen molar-refractivity contribution in [3.8, 4) is 11.8 Å². The van der Waals surface area contributed by atoms with Crippen LogP contribution in [0.3, 0.4) is 0 Å². The fourth-order valence-electron chi connectivity index (χ4n) is 3.66. The van der Waals surface area contributed by atoms with E-state index in [-0.39, 0.29) is 17.4 Å². The van der Waals surface area contributed by atoms with Crippen molar-refractivity contribution in [2.45, 2.75) is 50.6 Å². The molecule has 4 aromatic rings. The Bertz CT molecular complexity index is 1500. The first-order valence-corrected chi connectivity index (χ1v) is 11.9. The monoisotopic (exact) mass is 474 g/mol. The third kappa shape index (κ3) is 3.94. The zero-order chi connectivity index (χ0) is 24.6. The Hall–Kier alpha value is -3.64. The van der Waals surface area contributed by atoms with Gasteiger partial charge in [-0.05, 0) is 50.5 Å². The van der Waals surface area contributed by atoms with E-state index in [1.807, 2.05) is 67.6 Å². The Kier molecular flexibility index (Phi) is 6.19. The molecule has 0 saturated heterocycles. The minimum absolute atomic E-state index is 0.0555. The van der Waals surface area contributed by atoms with Crippen LogP contribution in [-0.4, -0.2) is 35.9 Å². The topological polar surface area (TPSA) is 105 Å². The van der Waals surface area contributed by atoms with Gasteiger partial charge in [0, 0.05) is 0 Å². The summed E-state index contributed by atoms with van der Waals surface area (Å²) in [5, 5.41) is 21.6. The highest BCUT2D eigenvalue weighted by Gasteiger charge is 2.32. The Labute approximate surface area is 201 Å². The van der Waals surface area contributed by atoms with Crippen LogP contribution in [0.1, 0.15) is 33.3 Å². The number of fused-ring (bicyclic) bond motifs is 3. The van der Waals surface area contributed by atoms with Crippen LogP contribution in [0.4, 0.5) is 0 Å². The molecule has 2 heterocycles. The smallest absolute Gasteiger partial charge is 0.267 e. The maximum absolute atomic E-state index is 13.5. The van der Waals surface area contributed by atoms with E-state index in [0.29, 0.717) is 21.8 Å². The van der Waals surface area contributed by atoms with Gasteiger partial charge in [-0.1, -0.05) is 55.9 Å². The van der Waals surface area contributed by atoms with E-state index in [2.05, 4.69) is 21.6 Å². The number of carbonyl (C=O) groups excluding carboxylic acids is 1. The summed E-state index contributed by atoms with van der Waals surface area (Å²) in [6.07, 6.45) is 0. The van der Waals surface area contributed by atoms with Crippen LogP contribution in [0.2, 0.25) is 0 Å². The lowest BCUT2D eigenvalue weighted by atomic mass is 9.90. The molecule has 0 aliphatic heterocycles. The first-order valence-electron chi connectivity index (χ1n) is 11.0. The zero-order valence-electron chi connectivity index (χ0n) is 19.7. The summed E-state index contributed by atoms with van der Waals surface area (Å²) in [6.45, 7) is 9.20. The molecule has 34 heavy (non-hydrogen) atoms. The molecular formula is C25H26N6O2S. The summed E-state index contributed by atoms with van der Waals surface area (Å²) in [7, 11) is 0. The molecule has 2 aromatic carbocycles. The number of nitriles is 1. The van der Waals surface area contributed by atoms with Gasteiger partial charge >= 0.3 is 0 Å². The standard InChI is InChI=1S/C25H26N6O2S/c1-15(2)25(5,14-26)27-21(32)17(4)34-24-29-28-23-30(19-12-8-6-10-16(19)3)22(33)18-11-7-9-13-20(18)31(23)24/h6-13,15,17H,1-5H3,(H,27,32). The third-order valence-electron chi connectivity index (χ3n) is 6.17. The first kappa shape index (κ1) is 23.5. The van der Waals surface area contributed by atoms with Crippen LogP contribution in [0.5, 0.6) is 0 Å². The number of hydrogen-bond donors (Lipinski definition) is 1. The fourth-order valence-corrected chi connectivity index (χ4v) is 4.51.